The molecule has 1 heterocycles. The van der Waals surface area contributed by atoms with Gasteiger partial charge in [-0.3, -0.25) is 10.1 Å². The van der Waals surface area contributed by atoms with Crippen molar-refractivity contribution in [2.75, 3.05) is 5.88 Å². The molecular formula is C9H8ClN3O2S. The molecule has 0 atom stereocenters. The maximum absolute atomic E-state index is 10.8. The zero-order valence-corrected chi connectivity index (χ0v) is 9.72. The van der Waals surface area contributed by atoms with E-state index >= 15 is 0 Å². The van der Waals surface area contributed by atoms with Crippen LogP contribution >= 0.6 is 23.8 Å². The normalized spacial score (nSPS) is 10.8. The van der Waals surface area contributed by atoms with E-state index in [-0.39, 0.29) is 5.69 Å². The van der Waals surface area contributed by atoms with E-state index in [1.54, 1.807) is 16.7 Å². The van der Waals surface area contributed by atoms with E-state index in [2.05, 4.69) is 4.98 Å². The second-order valence-corrected chi connectivity index (χ2v) is 3.96. The highest BCUT2D eigenvalue weighted by atomic mass is 35.5. The van der Waals surface area contributed by atoms with Crippen molar-refractivity contribution in [1.29, 1.82) is 0 Å². The van der Waals surface area contributed by atoms with Gasteiger partial charge in [0.25, 0.3) is 5.69 Å². The molecule has 0 unspecified atom stereocenters. The van der Waals surface area contributed by atoms with Crippen molar-refractivity contribution >= 4 is 40.5 Å². The van der Waals surface area contributed by atoms with Gasteiger partial charge in [-0.15, -0.1) is 11.6 Å². The van der Waals surface area contributed by atoms with E-state index in [9.17, 15) is 10.1 Å². The Morgan fingerprint density at radius 2 is 2.31 bits per heavy atom. The minimum Gasteiger partial charge on any atom is -0.325 e. The molecule has 0 saturated carbocycles. The number of fused-ring (bicyclic) bond motifs is 1. The molecule has 0 bridgehead atoms. The largest absolute Gasteiger partial charge is 0.325 e. The van der Waals surface area contributed by atoms with Crippen LogP contribution in [0.15, 0.2) is 18.2 Å². The number of nitro groups is 1. The first-order chi connectivity index (χ1) is 7.65. The highest BCUT2D eigenvalue weighted by molar-refractivity contribution is 7.71. The van der Waals surface area contributed by atoms with E-state index in [1.807, 2.05) is 0 Å². The van der Waals surface area contributed by atoms with Crippen LogP contribution in [-0.4, -0.2) is 20.4 Å². The number of imidazole rings is 1. The van der Waals surface area contributed by atoms with Crippen molar-refractivity contribution < 1.29 is 4.92 Å². The number of aromatic nitrogens is 2. The predicted molar refractivity (Wildman–Crippen MR) is 64.5 cm³/mol. The van der Waals surface area contributed by atoms with Gasteiger partial charge in [-0.05, 0) is 18.3 Å². The van der Waals surface area contributed by atoms with Crippen LogP contribution in [0.5, 0.6) is 0 Å². The Bertz CT molecular complexity index is 604. The summed E-state index contributed by atoms with van der Waals surface area (Å²) in [6.07, 6.45) is 0. The van der Waals surface area contributed by atoms with Gasteiger partial charge in [-0.1, -0.05) is 6.07 Å². The number of H-pyrrole nitrogens is 1. The number of halogens is 1. The standard InChI is InChI=1S/C9H8ClN3O2S/c10-4-5-12-6-2-1-3-7(13(14)15)8(6)11-9(12)16/h1-3H,4-5H2,(H,11,16). The Morgan fingerprint density at radius 3 is 2.94 bits per heavy atom. The van der Waals surface area contributed by atoms with Crippen LogP contribution in [0, 0.1) is 14.9 Å². The van der Waals surface area contributed by atoms with Gasteiger partial charge in [-0.25, -0.2) is 0 Å². The van der Waals surface area contributed by atoms with Crippen molar-refractivity contribution in [3.8, 4) is 0 Å². The monoisotopic (exact) mass is 257 g/mol. The number of nitro benzene ring substituents is 1. The number of nitrogens with zero attached hydrogens (tertiary/aromatic N) is 2. The van der Waals surface area contributed by atoms with Gasteiger partial charge in [0, 0.05) is 18.5 Å². The zero-order valence-electron chi connectivity index (χ0n) is 8.14. The van der Waals surface area contributed by atoms with Gasteiger partial charge >= 0.3 is 0 Å². The summed E-state index contributed by atoms with van der Waals surface area (Å²) in [7, 11) is 0. The molecule has 1 aromatic carbocycles. The molecule has 0 saturated heterocycles. The topological polar surface area (TPSA) is 63.9 Å². The quantitative estimate of drug-likeness (QED) is 0.398. The number of hydrogen-bond acceptors (Lipinski definition) is 3. The summed E-state index contributed by atoms with van der Waals surface area (Å²) in [6, 6.07) is 4.85. The van der Waals surface area contributed by atoms with Gasteiger partial charge < -0.3 is 9.55 Å². The molecule has 7 heteroatoms. The van der Waals surface area contributed by atoms with Crippen LogP contribution in [-0.2, 0) is 6.54 Å². The number of para-hydroxylation sites is 1. The molecule has 2 rings (SSSR count). The molecule has 16 heavy (non-hydrogen) atoms. The number of alkyl halides is 1. The Hall–Kier alpha value is -1.40. The first-order valence-electron chi connectivity index (χ1n) is 4.57. The highest BCUT2D eigenvalue weighted by Crippen LogP contribution is 2.24. The van der Waals surface area contributed by atoms with Crippen LogP contribution in [0.4, 0.5) is 5.69 Å². The first kappa shape index (κ1) is 11.1. The second-order valence-electron chi connectivity index (χ2n) is 3.20. The molecule has 84 valence electrons. The number of aromatic amines is 1. The van der Waals surface area contributed by atoms with Crippen LogP contribution in [0.2, 0.25) is 0 Å². The number of rotatable bonds is 3. The third kappa shape index (κ3) is 1.70. The third-order valence-electron chi connectivity index (χ3n) is 2.29. The maximum atomic E-state index is 10.8. The average Bonchev–Trinajstić information content (AvgIpc) is 2.56. The van der Waals surface area contributed by atoms with Gasteiger partial charge in [0.15, 0.2) is 4.77 Å². The second kappa shape index (κ2) is 4.23. The zero-order chi connectivity index (χ0) is 11.7. The number of non-ortho nitro benzene ring substituents is 1. The lowest BCUT2D eigenvalue weighted by molar-refractivity contribution is -0.383. The molecule has 5 nitrogen and oxygen atoms in total. The van der Waals surface area contributed by atoms with Crippen molar-refractivity contribution in [2.45, 2.75) is 6.54 Å². The van der Waals surface area contributed by atoms with Crippen LogP contribution < -0.4 is 0 Å². The Labute approximate surface area is 101 Å². The number of benzene rings is 1. The van der Waals surface area contributed by atoms with Gasteiger partial charge in [0.2, 0.25) is 0 Å². The van der Waals surface area contributed by atoms with E-state index in [0.29, 0.717) is 28.2 Å². The summed E-state index contributed by atoms with van der Waals surface area (Å²) >= 11 is 10.7. The predicted octanol–water partition coefficient (Wildman–Crippen LogP) is 2.85. The van der Waals surface area contributed by atoms with Gasteiger partial charge in [-0.2, -0.15) is 0 Å². The molecule has 1 aromatic heterocycles. The molecule has 0 spiro atoms. The molecule has 0 aliphatic heterocycles. The number of nitrogens with one attached hydrogen (secondary N) is 1. The molecule has 1 N–H and O–H groups in total. The van der Waals surface area contributed by atoms with E-state index in [4.69, 9.17) is 23.8 Å². The maximum Gasteiger partial charge on any atom is 0.294 e. The Morgan fingerprint density at radius 1 is 1.56 bits per heavy atom. The average molecular weight is 258 g/mol. The molecule has 0 amide bonds. The summed E-state index contributed by atoms with van der Waals surface area (Å²) < 4.78 is 2.20. The Balaban J connectivity index is 2.77. The van der Waals surface area contributed by atoms with Gasteiger partial charge in [0.05, 0.1) is 10.4 Å². The van der Waals surface area contributed by atoms with Gasteiger partial charge in [0.1, 0.15) is 5.52 Å². The van der Waals surface area contributed by atoms with E-state index < -0.39 is 4.92 Å². The highest BCUT2D eigenvalue weighted by Gasteiger charge is 2.15. The minimum atomic E-state index is -0.432. The molecule has 0 fully saturated rings. The molecule has 0 aliphatic rings. The third-order valence-corrected chi connectivity index (χ3v) is 2.78. The SMILES string of the molecule is O=[N+]([O-])c1cccc2c1[nH]c(=S)n2CCCl. The minimum absolute atomic E-state index is 0.0249. The van der Waals surface area contributed by atoms with Crippen LogP contribution in [0.3, 0.4) is 0 Å². The van der Waals surface area contributed by atoms with E-state index in [1.165, 1.54) is 6.07 Å². The fraction of sp³-hybridized carbons (Fsp3) is 0.222. The molecule has 0 radical (unpaired) electrons. The summed E-state index contributed by atoms with van der Waals surface area (Å²) in [5.74, 6) is 0.407. The summed E-state index contributed by atoms with van der Waals surface area (Å²) in [5.41, 5.74) is 1.18. The summed E-state index contributed by atoms with van der Waals surface area (Å²) in [5, 5.41) is 10.8. The van der Waals surface area contributed by atoms with Crippen molar-refractivity contribution in [2.24, 2.45) is 0 Å². The lowest BCUT2D eigenvalue weighted by Crippen LogP contribution is -1.98. The van der Waals surface area contributed by atoms with Crippen LogP contribution in [0.1, 0.15) is 0 Å². The first-order valence-corrected chi connectivity index (χ1v) is 5.51. The van der Waals surface area contributed by atoms with Crippen molar-refractivity contribution in [3.05, 3.63) is 33.1 Å². The molecule has 0 aliphatic carbocycles. The lowest BCUT2D eigenvalue weighted by atomic mass is 10.2. The number of hydrogen-bond donors (Lipinski definition) is 1. The molecular weight excluding hydrogens is 250 g/mol. The van der Waals surface area contributed by atoms with Crippen molar-refractivity contribution in [1.82, 2.24) is 9.55 Å². The summed E-state index contributed by atoms with van der Waals surface area (Å²) in [6.45, 7) is 0.529. The Kier molecular flexibility index (Phi) is 2.93. The molecule has 2 aromatic rings. The fourth-order valence-corrected chi connectivity index (χ4v) is 2.08. The van der Waals surface area contributed by atoms with E-state index in [0.717, 1.165) is 0 Å². The van der Waals surface area contributed by atoms with Crippen molar-refractivity contribution in [3.63, 3.8) is 0 Å². The summed E-state index contributed by atoms with van der Waals surface area (Å²) in [4.78, 5) is 13.2. The fourth-order valence-electron chi connectivity index (χ4n) is 1.62. The number of aryl methyl sites for hydroxylation is 1. The van der Waals surface area contributed by atoms with Crippen LogP contribution in [0.25, 0.3) is 11.0 Å². The lowest BCUT2D eigenvalue weighted by Gasteiger charge is -1.99. The smallest absolute Gasteiger partial charge is 0.294 e.